The third kappa shape index (κ3) is 5.79. The van der Waals surface area contributed by atoms with Crippen molar-refractivity contribution < 1.29 is 14.0 Å². The van der Waals surface area contributed by atoms with E-state index < -0.39 is 11.9 Å². The quantitative estimate of drug-likeness (QED) is 0.741. The van der Waals surface area contributed by atoms with E-state index in [-0.39, 0.29) is 24.8 Å². The molecule has 0 aliphatic heterocycles. The number of nitrogens with one attached hydrogen (secondary N) is 1. The van der Waals surface area contributed by atoms with E-state index in [4.69, 9.17) is 11.6 Å². The maximum atomic E-state index is 14.0. The average Bonchev–Trinajstić information content (AvgIpc) is 2.65. The maximum absolute atomic E-state index is 14.0. The molecule has 0 bridgehead atoms. The summed E-state index contributed by atoms with van der Waals surface area (Å²) < 4.78 is 14.0. The number of carbonyl (C=O) groups excluding carboxylic acids is 2. The van der Waals surface area contributed by atoms with Gasteiger partial charge >= 0.3 is 0 Å². The van der Waals surface area contributed by atoms with Crippen LogP contribution in [0.5, 0.6) is 0 Å². The van der Waals surface area contributed by atoms with Crippen molar-refractivity contribution in [3.63, 3.8) is 0 Å². The van der Waals surface area contributed by atoms with Gasteiger partial charge in [-0.3, -0.25) is 9.59 Å². The zero-order valence-corrected chi connectivity index (χ0v) is 16.3. The summed E-state index contributed by atoms with van der Waals surface area (Å²) in [5.41, 5.74) is 1.17. The third-order valence-electron chi connectivity index (χ3n) is 4.30. The number of amides is 2. The Morgan fingerprint density at radius 3 is 2.37 bits per heavy atom. The van der Waals surface area contributed by atoms with Crippen LogP contribution in [-0.2, 0) is 22.6 Å². The van der Waals surface area contributed by atoms with Crippen LogP contribution >= 0.6 is 11.6 Å². The van der Waals surface area contributed by atoms with Crippen molar-refractivity contribution in [2.75, 3.05) is 6.54 Å². The highest BCUT2D eigenvalue weighted by molar-refractivity contribution is 6.30. The van der Waals surface area contributed by atoms with Crippen molar-refractivity contribution in [3.05, 3.63) is 70.5 Å². The molecule has 0 spiro atoms. The van der Waals surface area contributed by atoms with Crippen LogP contribution in [0.3, 0.4) is 0 Å². The van der Waals surface area contributed by atoms with Crippen LogP contribution in [-0.4, -0.2) is 29.3 Å². The first kappa shape index (κ1) is 20.9. The van der Waals surface area contributed by atoms with Gasteiger partial charge < -0.3 is 10.2 Å². The molecule has 0 radical (unpaired) electrons. The summed E-state index contributed by atoms with van der Waals surface area (Å²) >= 11 is 5.93. The van der Waals surface area contributed by atoms with Gasteiger partial charge in [0, 0.05) is 18.1 Å². The van der Waals surface area contributed by atoms with Crippen LogP contribution in [0.4, 0.5) is 4.39 Å². The zero-order chi connectivity index (χ0) is 19.8. The van der Waals surface area contributed by atoms with Gasteiger partial charge in [0.1, 0.15) is 11.9 Å². The lowest BCUT2D eigenvalue weighted by Gasteiger charge is -2.30. The predicted octanol–water partition coefficient (Wildman–Crippen LogP) is 3.97. The lowest BCUT2D eigenvalue weighted by molar-refractivity contribution is -0.140. The number of hydrogen-bond donors (Lipinski definition) is 1. The number of nitrogens with zero attached hydrogens (tertiary/aromatic N) is 1. The molecule has 4 nitrogen and oxygen atoms in total. The van der Waals surface area contributed by atoms with E-state index in [1.54, 1.807) is 30.3 Å². The molecule has 0 aromatic heterocycles. The van der Waals surface area contributed by atoms with Gasteiger partial charge in [0.15, 0.2) is 0 Å². The van der Waals surface area contributed by atoms with Crippen molar-refractivity contribution in [2.24, 2.45) is 0 Å². The summed E-state index contributed by atoms with van der Waals surface area (Å²) in [6.45, 7) is 4.41. The minimum atomic E-state index is -0.625. The van der Waals surface area contributed by atoms with E-state index in [9.17, 15) is 14.0 Å². The fourth-order valence-electron chi connectivity index (χ4n) is 2.90. The summed E-state index contributed by atoms with van der Waals surface area (Å²) in [6.07, 6.45) is 0.360. The molecule has 2 aromatic rings. The van der Waals surface area contributed by atoms with Gasteiger partial charge in [-0.05, 0) is 42.7 Å². The molecule has 27 heavy (non-hydrogen) atoms. The molecule has 1 N–H and O–H groups in total. The van der Waals surface area contributed by atoms with Crippen LogP contribution in [0.25, 0.3) is 0 Å². The number of hydrogen-bond acceptors (Lipinski definition) is 2. The summed E-state index contributed by atoms with van der Waals surface area (Å²) in [5.74, 6) is -0.938. The second-order valence-electron chi connectivity index (χ2n) is 6.23. The molecule has 0 unspecified atom stereocenters. The van der Waals surface area contributed by atoms with Crippen LogP contribution in [0.2, 0.25) is 5.02 Å². The largest absolute Gasteiger partial charge is 0.355 e. The predicted molar refractivity (Wildman–Crippen MR) is 105 cm³/mol. The zero-order valence-electron chi connectivity index (χ0n) is 15.5. The van der Waals surface area contributed by atoms with Gasteiger partial charge in [-0.25, -0.2) is 4.39 Å². The number of likely N-dealkylation sites (N-methyl/N-ethyl adjacent to an activating group) is 1. The van der Waals surface area contributed by atoms with E-state index in [1.807, 2.05) is 26.0 Å². The van der Waals surface area contributed by atoms with Crippen LogP contribution in [0.15, 0.2) is 48.5 Å². The SMILES string of the molecule is CCNC(=O)[C@@H](CC)N(Cc1ccc(Cl)cc1)C(=O)Cc1ccccc1F. The molecule has 0 aliphatic rings. The topological polar surface area (TPSA) is 49.4 Å². The first-order valence-electron chi connectivity index (χ1n) is 9.01. The van der Waals surface area contributed by atoms with Gasteiger partial charge in [-0.1, -0.05) is 48.9 Å². The highest BCUT2D eigenvalue weighted by Gasteiger charge is 2.28. The Morgan fingerprint density at radius 2 is 1.78 bits per heavy atom. The molecular formula is C21H24ClFN2O2. The van der Waals surface area contributed by atoms with E-state index in [1.165, 1.54) is 11.0 Å². The third-order valence-corrected chi connectivity index (χ3v) is 4.55. The number of carbonyl (C=O) groups is 2. The maximum Gasteiger partial charge on any atom is 0.242 e. The van der Waals surface area contributed by atoms with Gasteiger partial charge in [0.05, 0.1) is 6.42 Å². The Bertz CT molecular complexity index is 780. The highest BCUT2D eigenvalue weighted by atomic mass is 35.5. The average molecular weight is 391 g/mol. The van der Waals surface area contributed by atoms with E-state index >= 15 is 0 Å². The van der Waals surface area contributed by atoms with Gasteiger partial charge in [-0.15, -0.1) is 0 Å². The summed E-state index contributed by atoms with van der Waals surface area (Å²) in [5, 5.41) is 3.37. The first-order valence-corrected chi connectivity index (χ1v) is 9.39. The summed E-state index contributed by atoms with van der Waals surface area (Å²) in [4.78, 5) is 27.0. The summed E-state index contributed by atoms with van der Waals surface area (Å²) in [6, 6.07) is 12.7. The molecule has 0 fully saturated rings. The summed E-state index contributed by atoms with van der Waals surface area (Å²) in [7, 11) is 0. The van der Waals surface area contributed by atoms with E-state index in [2.05, 4.69) is 5.32 Å². The van der Waals surface area contributed by atoms with Crippen molar-refractivity contribution in [3.8, 4) is 0 Å². The number of rotatable bonds is 8. The molecule has 1 atom stereocenters. The lowest BCUT2D eigenvalue weighted by Crippen LogP contribution is -2.49. The first-order chi connectivity index (χ1) is 13.0. The van der Waals surface area contributed by atoms with Gasteiger partial charge in [0.25, 0.3) is 0 Å². The highest BCUT2D eigenvalue weighted by Crippen LogP contribution is 2.17. The smallest absolute Gasteiger partial charge is 0.242 e. The minimum absolute atomic E-state index is 0.101. The Balaban J connectivity index is 2.29. The molecule has 0 saturated heterocycles. The molecule has 2 aromatic carbocycles. The molecule has 144 valence electrons. The fourth-order valence-corrected chi connectivity index (χ4v) is 3.03. The monoisotopic (exact) mass is 390 g/mol. The van der Waals surface area contributed by atoms with Gasteiger partial charge in [-0.2, -0.15) is 0 Å². The van der Waals surface area contributed by atoms with Crippen molar-refractivity contribution >= 4 is 23.4 Å². The number of benzene rings is 2. The van der Waals surface area contributed by atoms with Crippen LogP contribution in [0.1, 0.15) is 31.4 Å². The van der Waals surface area contributed by atoms with Crippen molar-refractivity contribution in [1.82, 2.24) is 10.2 Å². The molecule has 0 aliphatic carbocycles. The van der Waals surface area contributed by atoms with Crippen LogP contribution < -0.4 is 5.32 Å². The Kier molecular flexibility index (Phi) is 7.80. The van der Waals surface area contributed by atoms with Crippen molar-refractivity contribution in [1.29, 1.82) is 0 Å². The van der Waals surface area contributed by atoms with Gasteiger partial charge in [0.2, 0.25) is 11.8 Å². The Hall–Kier alpha value is -2.40. The van der Waals surface area contributed by atoms with Crippen molar-refractivity contribution in [2.45, 2.75) is 39.3 Å². The Morgan fingerprint density at radius 1 is 1.11 bits per heavy atom. The fraction of sp³-hybridized carbons (Fsp3) is 0.333. The second-order valence-corrected chi connectivity index (χ2v) is 6.67. The standard InChI is InChI=1S/C21H24ClFN2O2/c1-3-19(21(27)24-4-2)25(14-15-9-11-17(22)12-10-15)20(26)13-16-7-5-6-8-18(16)23/h5-12,19H,3-4,13-14H2,1-2H3,(H,24,27)/t19-/m1/s1. The molecule has 2 amide bonds. The lowest BCUT2D eigenvalue weighted by atomic mass is 10.1. The second kappa shape index (κ2) is 10.1. The molecule has 0 saturated carbocycles. The van der Waals surface area contributed by atoms with E-state index in [0.717, 1.165) is 5.56 Å². The molecule has 6 heteroatoms. The Labute approximate surface area is 164 Å². The molecular weight excluding hydrogens is 367 g/mol. The van der Waals surface area contributed by atoms with E-state index in [0.29, 0.717) is 23.6 Å². The number of halogens is 2. The van der Waals surface area contributed by atoms with Crippen LogP contribution in [0, 0.1) is 5.82 Å². The normalized spacial score (nSPS) is 11.7. The molecule has 0 heterocycles. The molecule has 2 rings (SSSR count). The minimum Gasteiger partial charge on any atom is -0.355 e.